The van der Waals surface area contributed by atoms with Crippen LogP contribution in [0.15, 0.2) is 0 Å². The van der Waals surface area contributed by atoms with E-state index in [2.05, 4.69) is 12.2 Å². The lowest BCUT2D eigenvalue weighted by Crippen LogP contribution is -2.32. The molecule has 0 rings (SSSR count). The molecule has 5 nitrogen and oxygen atoms in total. The third-order valence-corrected chi connectivity index (χ3v) is 3.74. The van der Waals surface area contributed by atoms with Crippen LogP contribution in [0.3, 0.4) is 0 Å². The monoisotopic (exact) mass is 326 g/mol. The van der Waals surface area contributed by atoms with E-state index in [1.807, 2.05) is 20.8 Å². The van der Waals surface area contributed by atoms with Crippen molar-refractivity contribution >= 4 is 17.6 Å². The zero-order valence-electron chi connectivity index (χ0n) is 15.2. The molecule has 0 saturated heterocycles. The number of unbranched alkanes of at least 4 members (excludes halogenated alkanes) is 2. The van der Waals surface area contributed by atoms with E-state index in [1.54, 1.807) is 0 Å². The van der Waals surface area contributed by atoms with Crippen molar-refractivity contribution in [3.63, 3.8) is 0 Å². The van der Waals surface area contributed by atoms with Crippen molar-refractivity contribution in [3.8, 4) is 0 Å². The molecule has 0 aliphatic rings. The molecule has 0 saturated carbocycles. The van der Waals surface area contributed by atoms with E-state index < -0.39 is 0 Å². The van der Waals surface area contributed by atoms with Gasteiger partial charge in [-0.1, -0.05) is 47.0 Å². The Hall–Kier alpha value is -1.39. The minimum absolute atomic E-state index is 0.0384. The molecule has 0 aromatic heterocycles. The predicted octanol–water partition coefficient (Wildman–Crippen LogP) is 2.96. The van der Waals surface area contributed by atoms with E-state index in [-0.39, 0.29) is 35.5 Å². The highest BCUT2D eigenvalue weighted by Gasteiger charge is 2.17. The Kier molecular flexibility index (Phi) is 10.5. The summed E-state index contributed by atoms with van der Waals surface area (Å²) in [5.74, 6) is -0.355. The summed E-state index contributed by atoms with van der Waals surface area (Å²) in [5, 5.41) is 2.67. The maximum Gasteiger partial charge on any atom is 0.220 e. The Morgan fingerprint density at radius 3 is 2.17 bits per heavy atom. The van der Waals surface area contributed by atoms with Crippen LogP contribution in [-0.2, 0) is 14.4 Å². The first-order valence-electron chi connectivity index (χ1n) is 8.73. The van der Waals surface area contributed by atoms with E-state index in [1.165, 1.54) is 0 Å². The number of carbonyl (C=O) groups is 3. The molecule has 0 aromatic rings. The van der Waals surface area contributed by atoms with Gasteiger partial charge in [-0.2, -0.15) is 0 Å². The smallest absolute Gasteiger partial charge is 0.220 e. The first-order chi connectivity index (χ1) is 10.7. The normalized spacial score (nSPS) is 12.7. The van der Waals surface area contributed by atoms with Crippen LogP contribution in [0.25, 0.3) is 0 Å². The van der Waals surface area contributed by atoms with Gasteiger partial charge in [0.25, 0.3) is 0 Å². The molecule has 0 aromatic carbocycles. The lowest BCUT2D eigenvalue weighted by molar-refractivity contribution is -0.126. The van der Waals surface area contributed by atoms with Gasteiger partial charge in [0.05, 0.1) is 6.54 Å². The Labute approximate surface area is 140 Å². The Bertz CT molecular complexity index is 386. The summed E-state index contributed by atoms with van der Waals surface area (Å²) in [5.41, 5.74) is 5.32. The van der Waals surface area contributed by atoms with Crippen LogP contribution in [0.2, 0.25) is 0 Å². The lowest BCUT2D eigenvalue weighted by Gasteiger charge is -2.17. The molecule has 0 bridgehead atoms. The van der Waals surface area contributed by atoms with Crippen LogP contribution in [0.5, 0.6) is 0 Å². The SMILES string of the molecule is CCCC[C@H](CCCCC(=O)CNC(=O)CC(C)(C)C)C(N)=O. The Balaban J connectivity index is 3.85. The van der Waals surface area contributed by atoms with Gasteiger partial charge in [-0.05, 0) is 24.7 Å². The topological polar surface area (TPSA) is 89.3 Å². The van der Waals surface area contributed by atoms with Gasteiger partial charge in [-0.25, -0.2) is 0 Å². The first-order valence-corrected chi connectivity index (χ1v) is 8.73. The van der Waals surface area contributed by atoms with Gasteiger partial charge in [0.1, 0.15) is 0 Å². The molecule has 0 fully saturated rings. The van der Waals surface area contributed by atoms with Crippen LogP contribution in [0.1, 0.15) is 79.1 Å². The number of nitrogens with one attached hydrogen (secondary N) is 1. The fourth-order valence-corrected chi connectivity index (χ4v) is 2.42. The third kappa shape index (κ3) is 12.8. The number of ketones is 1. The highest BCUT2D eigenvalue weighted by atomic mass is 16.2. The van der Waals surface area contributed by atoms with E-state index in [0.29, 0.717) is 12.8 Å². The van der Waals surface area contributed by atoms with Crippen molar-refractivity contribution in [2.24, 2.45) is 17.1 Å². The number of carbonyl (C=O) groups excluding carboxylic acids is 3. The maximum atomic E-state index is 11.8. The molecule has 0 unspecified atom stereocenters. The molecule has 0 aliphatic heterocycles. The standard InChI is InChI=1S/C18H34N2O3/c1-5-6-9-14(17(19)23)10-7-8-11-15(21)13-20-16(22)12-18(2,3)4/h14H,5-13H2,1-4H3,(H2,19,23)(H,20,22)/t14-/m1/s1. The van der Waals surface area contributed by atoms with Crippen molar-refractivity contribution < 1.29 is 14.4 Å². The molecule has 2 amide bonds. The molecule has 0 aliphatic carbocycles. The minimum atomic E-state index is -0.237. The number of hydrogen-bond donors (Lipinski definition) is 2. The zero-order valence-corrected chi connectivity index (χ0v) is 15.2. The fraction of sp³-hybridized carbons (Fsp3) is 0.833. The van der Waals surface area contributed by atoms with E-state index in [4.69, 9.17) is 5.73 Å². The summed E-state index contributed by atoms with van der Waals surface area (Å²) in [4.78, 5) is 34.7. The summed E-state index contributed by atoms with van der Waals surface area (Å²) < 4.78 is 0. The molecule has 23 heavy (non-hydrogen) atoms. The Morgan fingerprint density at radius 2 is 1.65 bits per heavy atom. The van der Waals surface area contributed by atoms with Crippen LogP contribution in [0.4, 0.5) is 0 Å². The molecule has 134 valence electrons. The van der Waals surface area contributed by atoms with Crippen molar-refractivity contribution in [2.45, 2.75) is 79.1 Å². The van der Waals surface area contributed by atoms with E-state index in [0.717, 1.165) is 38.5 Å². The van der Waals surface area contributed by atoms with E-state index >= 15 is 0 Å². The molecule has 0 radical (unpaired) electrons. The van der Waals surface area contributed by atoms with Crippen LogP contribution in [0, 0.1) is 11.3 Å². The van der Waals surface area contributed by atoms with Gasteiger partial charge in [-0.3, -0.25) is 14.4 Å². The quantitative estimate of drug-likeness (QED) is 0.540. The molecule has 1 atom stereocenters. The second-order valence-electron chi connectivity index (χ2n) is 7.54. The predicted molar refractivity (Wildman–Crippen MR) is 92.8 cm³/mol. The van der Waals surface area contributed by atoms with Gasteiger partial charge in [0, 0.05) is 18.8 Å². The van der Waals surface area contributed by atoms with Crippen molar-refractivity contribution in [3.05, 3.63) is 0 Å². The average molecular weight is 326 g/mol. The molecule has 0 spiro atoms. The number of primary amides is 1. The van der Waals surface area contributed by atoms with Crippen molar-refractivity contribution in [2.75, 3.05) is 6.54 Å². The summed E-state index contributed by atoms with van der Waals surface area (Å²) in [7, 11) is 0. The third-order valence-electron chi connectivity index (χ3n) is 3.74. The largest absolute Gasteiger partial charge is 0.369 e. The number of Topliss-reactive ketones (excluding diaryl/α,β-unsaturated/α-hetero) is 1. The summed E-state index contributed by atoms with van der Waals surface area (Å²) >= 11 is 0. The first kappa shape index (κ1) is 21.6. The highest BCUT2D eigenvalue weighted by molar-refractivity contribution is 5.86. The number of nitrogens with two attached hydrogens (primary N) is 1. The van der Waals surface area contributed by atoms with Gasteiger partial charge in [0.15, 0.2) is 5.78 Å². The summed E-state index contributed by atoms with van der Waals surface area (Å²) in [6.45, 7) is 8.15. The number of hydrogen-bond acceptors (Lipinski definition) is 3. The molecular formula is C18H34N2O3. The number of rotatable bonds is 12. The van der Waals surface area contributed by atoms with Crippen LogP contribution >= 0.6 is 0 Å². The second kappa shape index (κ2) is 11.2. The summed E-state index contributed by atoms with van der Waals surface area (Å²) in [6, 6.07) is 0. The van der Waals surface area contributed by atoms with Gasteiger partial charge in [-0.15, -0.1) is 0 Å². The second-order valence-corrected chi connectivity index (χ2v) is 7.54. The highest BCUT2D eigenvalue weighted by Crippen LogP contribution is 2.18. The Morgan fingerprint density at radius 1 is 1.04 bits per heavy atom. The lowest BCUT2D eigenvalue weighted by atomic mass is 9.92. The molecule has 0 heterocycles. The van der Waals surface area contributed by atoms with Crippen LogP contribution < -0.4 is 11.1 Å². The molecular weight excluding hydrogens is 292 g/mol. The van der Waals surface area contributed by atoms with E-state index in [9.17, 15) is 14.4 Å². The van der Waals surface area contributed by atoms with Crippen molar-refractivity contribution in [1.82, 2.24) is 5.32 Å². The maximum absolute atomic E-state index is 11.8. The van der Waals surface area contributed by atoms with Gasteiger partial charge >= 0.3 is 0 Å². The van der Waals surface area contributed by atoms with Crippen molar-refractivity contribution in [1.29, 1.82) is 0 Å². The number of amides is 2. The zero-order chi connectivity index (χ0) is 17.9. The average Bonchev–Trinajstić information content (AvgIpc) is 2.42. The van der Waals surface area contributed by atoms with Gasteiger partial charge < -0.3 is 11.1 Å². The molecule has 3 N–H and O–H groups in total. The van der Waals surface area contributed by atoms with Crippen LogP contribution in [-0.4, -0.2) is 24.1 Å². The van der Waals surface area contributed by atoms with Gasteiger partial charge in [0.2, 0.25) is 11.8 Å². The molecule has 5 heteroatoms. The minimum Gasteiger partial charge on any atom is -0.369 e. The fourth-order valence-electron chi connectivity index (χ4n) is 2.42. The summed E-state index contributed by atoms with van der Waals surface area (Å²) in [6.07, 6.45) is 6.06.